The van der Waals surface area contributed by atoms with Crippen molar-refractivity contribution in [3.05, 3.63) is 52.7 Å². The van der Waals surface area contributed by atoms with E-state index >= 15 is 0 Å². The molecule has 0 fully saturated rings. The lowest BCUT2D eigenvalue weighted by Crippen LogP contribution is -2.18. The van der Waals surface area contributed by atoms with E-state index in [1.165, 1.54) is 11.8 Å². The van der Waals surface area contributed by atoms with Gasteiger partial charge in [-0.15, -0.1) is 5.10 Å². The molecule has 0 bridgehead atoms. The second-order valence-corrected chi connectivity index (χ2v) is 7.81. The molecule has 9 nitrogen and oxygen atoms in total. The Morgan fingerprint density at radius 2 is 1.93 bits per heavy atom. The lowest BCUT2D eigenvalue weighted by Gasteiger charge is -2.11. The maximum atomic E-state index is 12.7. The molecule has 0 aliphatic carbocycles. The fourth-order valence-electron chi connectivity index (χ4n) is 3.34. The fourth-order valence-corrected chi connectivity index (χ4v) is 3.68. The third-order valence-corrected chi connectivity index (χ3v) is 5.35. The highest BCUT2D eigenvalue weighted by Gasteiger charge is 2.16. The van der Waals surface area contributed by atoms with Crippen LogP contribution >= 0.6 is 11.8 Å². The van der Waals surface area contributed by atoms with Crippen LogP contribution in [0, 0.1) is 27.7 Å². The molecule has 0 saturated heterocycles. The fraction of sp³-hybridized carbons (Fsp3) is 0.300. The second kappa shape index (κ2) is 7.86. The lowest BCUT2D eigenvalue weighted by molar-refractivity contribution is -0.115. The van der Waals surface area contributed by atoms with E-state index in [2.05, 4.69) is 30.5 Å². The Morgan fingerprint density at radius 3 is 2.57 bits per heavy atom. The van der Waals surface area contributed by atoms with Crippen LogP contribution in [-0.2, 0) is 11.2 Å². The minimum absolute atomic E-state index is 0.145. The van der Waals surface area contributed by atoms with Gasteiger partial charge < -0.3 is 5.32 Å². The van der Waals surface area contributed by atoms with Crippen molar-refractivity contribution in [3.8, 4) is 5.82 Å². The first kappa shape index (κ1) is 20.0. The molecule has 0 aliphatic heterocycles. The van der Waals surface area contributed by atoms with E-state index in [0.29, 0.717) is 22.4 Å². The van der Waals surface area contributed by atoms with Crippen LogP contribution in [0.5, 0.6) is 0 Å². The number of anilines is 1. The molecule has 30 heavy (non-hydrogen) atoms. The zero-order valence-corrected chi connectivity index (χ0v) is 18.3. The Kier molecular flexibility index (Phi) is 5.25. The van der Waals surface area contributed by atoms with Gasteiger partial charge in [0, 0.05) is 22.6 Å². The third kappa shape index (κ3) is 3.78. The van der Waals surface area contributed by atoms with E-state index in [4.69, 9.17) is 0 Å². The van der Waals surface area contributed by atoms with Gasteiger partial charge in [0.15, 0.2) is 5.82 Å². The first-order valence-electron chi connectivity index (χ1n) is 9.42. The standard InChI is InChI=1S/C20H22N8OS/c1-11-8-12(2)27(25-11)17-7-6-15(10-21-17)23-18(29)9-16-13(3)22-19-24-20(30-5)26-28(19)14(16)4/h6-8,10H,9H2,1-5H3,(H,23,29). The van der Waals surface area contributed by atoms with E-state index in [1.807, 2.05) is 52.1 Å². The van der Waals surface area contributed by atoms with E-state index < -0.39 is 0 Å². The van der Waals surface area contributed by atoms with Crippen LogP contribution in [-0.4, -0.2) is 46.5 Å². The van der Waals surface area contributed by atoms with Gasteiger partial charge in [-0.2, -0.15) is 10.1 Å². The van der Waals surface area contributed by atoms with Crippen LogP contribution in [0.3, 0.4) is 0 Å². The van der Waals surface area contributed by atoms with Gasteiger partial charge in [-0.3, -0.25) is 4.79 Å². The van der Waals surface area contributed by atoms with Crippen molar-refractivity contribution >= 4 is 29.1 Å². The van der Waals surface area contributed by atoms with Gasteiger partial charge in [0.25, 0.3) is 5.78 Å². The third-order valence-electron chi connectivity index (χ3n) is 4.81. The molecule has 4 heterocycles. The summed E-state index contributed by atoms with van der Waals surface area (Å²) in [5.41, 5.74) is 5.03. The average molecular weight is 423 g/mol. The van der Waals surface area contributed by atoms with Crippen LogP contribution in [0.4, 0.5) is 5.69 Å². The Morgan fingerprint density at radius 1 is 1.13 bits per heavy atom. The number of aryl methyl sites for hydroxylation is 4. The summed E-state index contributed by atoms with van der Waals surface area (Å²) < 4.78 is 3.46. The average Bonchev–Trinajstić information content (AvgIpc) is 3.28. The summed E-state index contributed by atoms with van der Waals surface area (Å²) in [7, 11) is 0. The monoisotopic (exact) mass is 422 g/mol. The normalized spacial score (nSPS) is 11.2. The highest BCUT2D eigenvalue weighted by atomic mass is 32.2. The number of thioether (sulfide) groups is 1. The number of nitrogens with zero attached hydrogens (tertiary/aromatic N) is 7. The van der Waals surface area contributed by atoms with Gasteiger partial charge in [0.1, 0.15) is 0 Å². The van der Waals surface area contributed by atoms with Crippen molar-refractivity contribution in [2.24, 2.45) is 0 Å². The molecule has 4 rings (SSSR count). The van der Waals surface area contributed by atoms with Gasteiger partial charge in [0.05, 0.1) is 24.0 Å². The molecule has 4 aromatic heterocycles. The predicted molar refractivity (Wildman–Crippen MR) is 115 cm³/mol. The van der Waals surface area contributed by atoms with E-state index in [9.17, 15) is 4.79 Å². The molecule has 1 amide bonds. The Labute approximate surface area is 178 Å². The molecule has 0 aromatic carbocycles. The number of aromatic nitrogens is 7. The molecule has 0 radical (unpaired) electrons. The van der Waals surface area contributed by atoms with Crippen LogP contribution in [0.15, 0.2) is 29.6 Å². The quantitative estimate of drug-likeness (QED) is 0.493. The van der Waals surface area contributed by atoms with Crippen molar-refractivity contribution < 1.29 is 4.79 Å². The number of hydrogen-bond donors (Lipinski definition) is 1. The predicted octanol–water partition coefficient (Wildman–Crippen LogP) is 2.84. The first-order valence-corrected chi connectivity index (χ1v) is 10.6. The molecule has 0 unspecified atom stereocenters. The minimum atomic E-state index is -0.145. The Bertz CT molecular complexity index is 1240. The number of hydrogen-bond acceptors (Lipinski definition) is 7. The summed E-state index contributed by atoms with van der Waals surface area (Å²) >= 11 is 1.46. The molecule has 0 aliphatic rings. The van der Waals surface area contributed by atoms with E-state index in [0.717, 1.165) is 28.3 Å². The molecule has 4 aromatic rings. The molecule has 10 heteroatoms. The van der Waals surface area contributed by atoms with Gasteiger partial charge in [-0.05, 0) is 52.1 Å². The maximum absolute atomic E-state index is 12.7. The molecular weight excluding hydrogens is 400 g/mol. The first-order chi connectivity index (χ1) is 14.4. The van der Waals surface area contributed by atoms with Crippen molar-refractivity contribution in [1.29, 1.82) is 0 Å². The van der Waals surface area contributed by atoms with E-state index in [-0.39, 0.29) is 12.3 Å². The summed E-state index contributed by atoms with van der Waals surface area (Å²) in [4.78, 5) is 25.9. The largest absolute Gasteiger partial charge is 0.324 e. The molecule has 0 spiro atoms. The van der Waals surface area contributed by atoms with Crippen LogP contribution in [0.1, 0.15) is 28.3 Å². The summed E-state index contributed by atoms with van der Waals surface area (Å²) in [6.07, 6.45) is 3.74. The number of fused-ring (bicyclic) bond motifs is 1. The molecule has 154 valence electrons. The minimum Gasteiger partial charge on any atom is -0.324 e. The zero-order chi connectivity index (χ0) is 21.4. The molecular formula is C20H22N8OS. The highest BCUT2D eigenvalue weighted by Crippen LogP contribution is 2.18. The Balaban J connectivity index is 1.51. The number of carbonyl (C=O) groups is 1. The van der Waals surface area contributed by atoms with Crippen molar-refractivity contribution in [2.45, 2.75) is 39.3 Å². The van der Waals surface area contributed by atoms with Crippen LogP contribution < -0.4 is 5.32 Å². The lowest BCUT2D eigenvalue weighted by atomic mass is 10.1. The smallest absolute Gasteiger partial charge is 0.253 e. The van der Waals surface area contributed by atoms with Gasteiger partial charge in [-0.1, -0.05) is 11.8 Å². The van der Waals surface area contributed by atoms with E-state index in [1.54, 1.807) is 15.4 Å². The summed E-state index contributed by atoms with van der Waals surface area (Å²) in [5.74, 6) is 1.10. The highest BCUT2D eigenvalue weighted by molar-refractivity contribution is 7.98. The second-order valence-electron chi connectivity index (χ2n) is 7.04. The van der Waals surface area contributed by atoms with Crippen molar-refractivity contribution in [1.82, 2.24) is 34.3 Å². The Hall–Kier alpha value is -3.27. The number of pyridine rings is 1. The summed E-state index contributed by atoms with van der Waals surface area (Å²) in [6, 6.07) is 5.64. The molecule has 0 saturated carbocycles. The van der Waals surface area contributed by atoms with Crippen molar-refractivity contribution in [2.75, 3.05) is 11.6 Å². The van der Waals surface area contributed by atoms with Crippen LogP contribution in [0.25, 0.3) is 11.6 Å². The molecule has 1 N–H and O–H groups in total. The van der Waals surface area contributed by atoms with Gasteiger partial charge in [0.2, 0.25) is 11.1 Å². The van der Waals surface area contributed by atoms with Crippen molar-refractivity contribution in [3.63, 3.8) is 0 Å². The maximum Gasteiger partial charge on any atom is 0.253 e. The number of amides is 1. The number of carbonyl (C=O) groups excluding carboxylic acids is 1. The van der Waals surface area contributed by atoms with Gasteiger partial charge >= 0.3 is 0 Å². The number of nitrogens with one attached hydrogen (secondary N) is 1. The van der Waals surface area contributed by atoms with Gasteiger partial charge in [-0.25, -0.2) is 19.2 Å². The zero-order valence-electron chi connectivity index (χ0n) is 17.5. The number of rotatable bonds is 5. The molecule has 0 atom stereocenters. The summed E-state index contributed by atoms with van der Waals surface area (Å²) in [5, 5.41) is 12.4. The topological polar surface area (TPSA) is 103 Å². The SMILES string of the molecule is CSc1nc2nc(C)c(CC(=O)Nc3ccc(-n4nc(C)cc4C)nc3)c(C)n2n1. The summed E-state index contributed by atoms with van der Waals surface area (Å²) in [6.45, 7) is 7.72. The van der Waals surface area contributed by atoms with Crippen LogP contribution in [0.2, 0.25) is 0 Å².